The molecule has 0 aromatic heterocycles. The second-order valence-corrected chi connectivity index (χ2v) is 3.91. The van der Waals surface area contributed by atoms with Gasteiger partial charge in [0.1, 0.15) is 5.75 Å². The van der Waals surface area contributed by atoms with Gasteiger partial charge in [0.25, 0.3) is 0 Å². The number of hydrogen-bond donors (Lipinski definition) is 1. The molecule has 2 nitrogen and oxygen atoms in total. The Morgan fingerprint density at radius 2 is 2.14 bits per heavy atom. The summed E-state index contributed by atoms with van der Waals surface area (Å²) in [4.78, 5) is 0. The van der Waals surface area contributed by atoms with Gasteiger partial charge in [-0.3, -0.25) is 0 Å². The fourth-order valence-electron chi connectivity index (χ4n) is 1.23. The molecule has 0 unspecified atom stereocenters. The van der Waals surface area contributed by atoms with Gasteiger partial charge in [-0.25, -0.2) is 0 Å². The van der Waals surface area contributed by atoms with Gasteiger partial charge in [-0.2, -0.15) is 5.26 Å². The van der Waals surface area contributed by atoms with Crippen LogP contribution in [0.4, 0.5) is 0 Å². The third-order valence-corrected chi connectivity index (χ3v) is 2.39. The number of phenols is 1. The Morgan fingerprint density at radius 1 is 1.50 bits per heavy atom. The van der Waals surface area contributed by atoms with Crippen molar-refractivity contribution in [2.75, 3.05) is 0 Å². The monoisotopic (exact) mass is 209 g/mol. The topological polar surface area (TPSA) is 44.0 Å². The second-order valence-electron chi connectivity index (χ2n) is 3.50. The van der Waals surface area contributed by atoms with Crippen LogP contribution in [0, 0.1) is 11.3 Å². The van der Waals surface area contributed by atoms with Gasteiger partial charge >= 0.3 is 0 Å². The summed E-state index contributed by atoms with van der Waals surface area (Å²) in [5.41, 5.74) is 1.64. The Morgan fingerprint density at radius 3 is 2.64 bits per heavy atom. The lowest BCUT2D eigenvalue weighted by Crippen LogP contribution is -1.92. The van der Waals surface area contributed by atoms with Crippen molar-refractivity contribution >= 4 is 11.6 Å². The van der Waals surface area contributed by atoms with Crippen LogP contribution >= 0.6 is 11.6 Å². The van der Waals surface area contributed by atoms with Gasteiger partial charge in [0.05, 0.1) is 17.5 Å². The Kier molecular flexibility index (Phi) is 3.38. The zero-order valence-corrected chi connectivity index (χ0v) is 8.97. The first-order valence-electron chi connectivity index (χ1n) is 4.44. The molecule has 0 saturated heterocycles. The summed E-state index contributed by atoms with van der Waals surface area (Å²) >= 11 is 5.84. The first-order valence-corrected chi connectivity index (χ1v) is 4.82. The summed E-state index contributed by atoms with van der Waals surface area (Å²) in [6, 6.07) is 5.57. The summed E-state index contributed by atoms with van der Waals surface area (Å²) in [5.74, 6) is 0.364. The van der Waals surface area contributed by atoms with E-state index in [9.17, 15) is 5.11 Å². The number of hydrogen-bond acceptors (Lipinski definition) is 2. The molecule has 0 aliphatic rings. The summed E-state index contributed by atoms with van der Waals surface area (Å²) in [5, 5.41) is 18.4. The summed E-state index contributed by atoms with van der Waals surface area (Å²) in [6.45, 7) is 4.08. The minimum atomic E-state index is 0.0256. The van der Waals surface area contributed by atoms with Crippen LogP contribution in [0.3, 0.4) is 0 Å². The first kappa shape index (κ1) is 10.9. The van der Waals surface area contributed by atoms with Gasteiger partial charge < -0.3 is 5.11 Å². The van der Waals surface area contributed by atoms with Gasteiger partial charge in [-0.1, -0.05) is 31.5 Å². The summed E-state index contributed by atoms with van der Waals surface area (Å²) in [7, 11) is 0. The lowest BCUT2D eigenvalue weighted by atomic mass is 9.99. The lowest BCUT2D eigenvalue weighted by molar-refractivity contribution is 0.469. The predicted octanol–water partition coefficient (Wildman–Crippen LogP) is 3.24. The maximum Gasteiger partial charge on any atom is 0.138 e. The van der Waals surface area contributed by atoms with Gasteiger partial charge in [-0.15, -0.1) is 0 Å². The number of rotatable bonds is 2. The molecule has 1 aromatic rings. The van der Waals surface area contributed by atoms with Crippen molar-refractivity contribution in [3.8, 4) is 11.8 Å². The van der Waals surface area contributed by atoms with E-state index in [2.05, 4.69) is 0 Å². The molecule has 1 rings (SSSR count). The molecule has 74 valence electrons. The van der Waals surface area contributed by atoms with Gasteiger partial charge in [0, 0.05) is 5.56 Å². The molecule has 0 saturated carbocycles. The van der Waals surface area contributed by atoms with Crippen molar-refractivity contribution in [2.24, 2.45) is 0 Å². The molecule has 0 bridgehead atoms. The fraction of sp³-hybridized carbons (Fsp3) is 0.364. The molecule has 0 atom stereocenters. The normalized spacial score (nSPS) is 10.2. The highest BCUT2D eigenvalue weighted by Crippen LogP contribution is 2.31. The van der Waals surface area contributed by atoms with E-state index in [4.69, 9.17) is 16.9 Å². The molecular formula is C11H12ClNO. The molecule has 1 N–H and O–H groups in total. The predicted molar refractivity (Wildman–Crippen MR) is 56.5 cm³/mol. The highest BCUT2D eigenvalue weighted by Gasteiger charge is 2.09. The van der Waals surface area contributed by atoms with Gasteiger partial charge in [0.15, 0.2) is 0 Å². The zero-order chi connectivity index (χ0) is 10.7. The lowest BCUT2D eigenvalue weighted by Gasteiger charge is -2.10. The number of nitriles is 1. The third-order valence-electron chi connectivity index (χ3n) is 2.10. The zero-order valence-electron chi connectivity index (χ0n) is 8.21. The third kappa shape index (κ3) is 2.18. The summed E-state index contributed by atoms with van der Waals surface area (Å²) < 4.78 is 0. The van der Waals surface area contributed by atoms with E-state index in [1.807, 2.05) is 26.0 Å². The van der Waals surface area contributed by atoms with Crippen molar-refractivity contribution in [3.05, 3.63) is 28.3 Å². The second kappa shape index (κ2) is 4.34. The van der Waals surface area contributed by atoms with Crippen LogP contribution < -0.4 is 0 Å². The molecule has 0 spiro atoms. The minimum absolute atomic E-state index is 0.0256. The van der Waals surface area contributed by atoms with E-state index in [1.165, 1.54) is 0 Å². The molecule has 1 aromatic carbocycles. The van der Waals surface area contributed by atoms with Crippen LogP contribution in [0.15, 0.2) is 12.1 Å². The highest BCUT2D eigenvalue weighted by molar-refractivity contribution is 6.32. The van der Waals surface area contributed by atoms with Gasteiger partial charge in [-0.05, 0) is 17.5 Å². The minimum Gasteiger partial charge on any atom is -0.506 e. The van der Waals surface area contributed by atoms with Crippen LogP contribution in [0.5, 0.6) is 5.75 Å². The Hall–Kier alpha value is -1.20. The molecule has 3 heteroatoms. The quantitative estimate of drug-likeness (QED) is 0.813. The smallest absolute Gasteiger partial charge is 0.138 e. The van der Waals surface area contributed by atoms with Crippen molar-refractivity contribution in [3.63, 3.8) is 0 Å². The molecule has 0 fully saturated rings. The molecule has 0 heterocycles. The Bertz CT molecular complexity index is 380. The van der Waals surface area contributed by atoms with Crippen LogP contribution in [-0.2, 0) is 6.42 Å². The van der Waals surface area contributed by atoms with E-state index in [-0.39, 0.29) is 12.2 Å². The van der Waals surface area contributed by atoms with Crippen LogP contribution in [0.2, 0.25) is 5.02 Å². The van der Waals surface area contributed by atoms with Crippen molar-refractivity contribution in [1.82, 2.24) is 0 Å². The van der Waals surface area contributed by atoms with E-state index in [1.54, 1.807) is 6.07 Å². The first-order chi connectivity index (χ1) is 6.56. The number of aromatic hydroxyl groups is 1. The SMILES string of the molecule is CC(C)c1cc(Cl)c(O)c(CC#N)c1. The maximum atomic E-state index is 9.55. The Labute approximate surface area is 88.7 Å². The van der Waals surface area contributed by atoms with Crippen LogP contribution in [-0.4, -0.2) is 5.11 Å². The van der Waals surface area contributed by atoms with Crippen LogP contribution in [0.1, 0.15) is 30.9 Å². The molecule has 0 aliphatic carbocycles. The van der Waals surface area contributed by atoms with E-state index in [0.717, 1.165) is 5.56 Å². The molecular weight excluding hydrogens is 198 g/mol. The van der Waals surface area contributed by atoms with Crippen molar-refractivity contribution in [1.29, 1.82) is 5.26 Å². The Balaban J connectivity index is 3.22. The molecule has 0 aliphatic heterocycles. The van der Waals surface area contributed by atoms with E-state index < -0.39 is 0 Å². The number of halogens is 1. The highest BCUT2D eigenvalue weighted by atomic mass is 35.5. The van der Waals surface area contributed by atoms with Crippen molar-refractivity contribution < 1.29 is 5.11 Å². The van der Waals surface area contributed by atoms with Crippen molar-refractivity contribution in [2.45, 2.75) is 26.2 Å². The fourth-order valence-corrected chi connectivity index (χ4v) is 1.48. The molecule has 0 amide bonds. The van der Waals surface area contributed by atoms with Crippen LogP contribution in [0.25, 0.3) is 0 Å². The molecule has 0 radical (unpaired) electrons. The largest absolute Gasteiger partial charge is 0.506 e. The summed E-state index contributed by atoms with van der Waals surface area (Å²) in [6.07, 6.45) is 0.187. The molecule has 14 heavy (non-hydrogen) atoms. The van der Waals surface area contributed by atoms with E-state index in [0.29, 0.717) is 16.5 Å². The average molecular weight is 210 g/mol. The maximum absolute atomic E-state index is 9.55. The number of benzene rings is 1. The number of phenolic OH excluding ortho intramolecular Hbond substituents is 1. The van der Waals surface area contributed by atoms with Gasteiger partial charge in [0.2, 0.25) is 0 Å². The average Bonchev–Trinajstić information content (AvgIpc) is 2.12. The number of nitrogens with zero attached hydrogens (tertiary/aromatic N) is 1. The van der Waals surface area contributed by atoms with E-state index >= 15 is 0 Å². The standard InChI is InChI=1S/C11H12ClNO/c1-7(2)9-5-8(3-4-13)11(14)10(12)6-9/h5-7,14H,3H2,1-2H3.